The van der Waals surface area contributed by atoms with Crippen LogP contribution in [0.4, 0.5) is 5.69 Å². The van der Waals surface area contributed by atoms with Gasteiger partial charge in [-0.1, -0.05) is 24.1 Å². The first kappa shape index (κ1) is 19.0. The fourth-order valence-electron chi connectivity index (χ4n) is 1.91. The Morgan fingerprint density at radius 1 is 1.04 bits per heavy atom. The van der Waals surface area contributed by atoms with Gasteiger partial charge in [0, 0.05) is 5.69 Å². The zero-order valence-corrected chi connectivity index (χ0v) is 14.5. The Morgan fingerprint density at radius 2 is 1.69 bits per heavy atom. The molecule has 0 spiro atoms. The molecule has 0 aliphatic heterocycles. The molecule has 2 aromatic rings. The summed E-state index contributed by atoms with van der Waals surface area (Å²) in [5, 5.41) is 2.35. The van der Waals surface area contributed by atoms with Crippen molar-refractivity contribution in [3.63, 3.8) is 0 Å². The lowest BCUT2D eigenvalue weighted by Gasteiger charge is -2.09. The summed E-state index contributed by atoms with van der Waals surface area (Å²) in [6.07, 6.45) is 4.99. The van der Waals surface area contributed by atoms with Gasteiger partial charge >= 0.3 is 5.97 Å². The minimum Gasteiger partial charge on any atom is -0.452 e. The number of ether oxygens (including phenoxy) is 1. The third-order valence-corrected chi connectivity index (χ3v) is 4.55. The monoisotopic (exact) mass is 372 g/mol. The second kappa shape index (κ2) is 8.69. The van der Waals surface area contributed by atoms with Gasteiger partial charge in [0.15, 0.2) is 6.61 Å². The summed E-state index contributed by atoms with van der Waals surface area (Å²) in [6, 6.07) is 13.6. The zero-order valence-electron chi connectivity index (χ0n) is 13.6. The molecule has 8 heteroatoms. The third-order valence-electron chi connectivity index (χ3n) is 3.15. The van der Waals surface area contributed by atoms with Gasteiger partial charge in [0.05, 0.1) is 17.0 Å². The number of nitrogens with one attached hydrogen (secondary N) is 2. The van der Waals surface area contributed by atoms with Crippen molar-refractivity contribution in [2.75, 3.05) is 17.9 Å². The highest BCUT2D eigenvalue weighted by Gasteiger charge is 2.16. The van der Waals surface area contributed by atoms with Crippen LogP contribution in [0.2, 0.25) is 0 Å². The number of carbonyl (C=O) groups excluding carboxylic acids is 2. The van der Waals surface area contributed by atoms with Crippen molar-refractivity contribution < 1.29 is 22.7 Å². The first-order chi connectivity index (χ1) is 12.4. The SMILES string of the molecule is C#CCNC(=O)COC(=O)c1ccc(S(=O)(=O)Nc2ccccc2)cc1. The second-order valence-electron chi connectivity index (χ2n) is 5.05. The van der Waals surface area contributed by atoms with E-state index in [1.807, 2.05) is 0 Å². The average molecular weight is 372 g/mol. The predicted molar refractivity (Wildman–Crippen MR) is 95.8 cm³/mol. The van der Waals surface area contributed by atoms with E-state index in [-0.39, 0.29) is 17.0 Å². The molecule has 0 aliphatic rings. The standard InChI is InChI=1S/C18H16N2O5S/c1-2-12-19-17(21)13-25-18(22)14-8-10-16(11-9-14)26(23,24)20-15-6-4-3-5-7-15/h1,3-11,20H,12-13H2,(H,19,21). The van der Waals surface area contributed by atoms with Gasteiger partial charge in [0.2, 0.25) is 0 Å². The van der Waals surface area contributed by atoms with E-state index in [0.29, 0.717) is 5.69 Å². The quantitative estimate of drug-likeness (QED) is 0.565. The topological polar surface area (TPSA) is 102 Å². The van der Waals surface area contributed by atoms with Crippen molar-refractivity contribution in [1.29, 1.82) is 0 Å². The van der Waals surface area contributed by atoms with E-state index in [1.165, 1.54) is 24.3 Å². The number of para-hydroxylation sites is 1. The Balaban J connectivity index is 2.00. The Hall–Kier alpha value is -3.31. The second-order valence-corrected chi connectivity index (χ2v) is 6.74. The highest BCUT2D eigenvalue weighted by atomic mass is 32.2. The Labute approximate surface area is 151 Å². The molecule has 0 unspecified atom stereocenters. The molecule has 0 saturated carbocycles. The van der Waals surface area contributed by atoms with E-state index in [2.05, 4.69) is 16.0 Å². The molecular formula is C18H16N2O5S. The lowest BCUT2D eigenvalue weighted by Crippen LogP contribution is -2.29. The summed E-state index contributed by atoms with van der Waals surface area (Å²) >= 11 is 0. The summed E-state index contributed by atoms with van der Waals surface area (Å²) in [7, 11) is -3.78. The zero-order chi connectivity index (χ0) is 19.0. The van der Waals surface area contributed by atoms with E-state index >= 15 is 0 Å². The molecule has 2 aromatic carbocycles. The number of carbonyl (C=O) groups is 2. The predicted octanol–water partition coefficient (Wildman–Crippen LogP) is 1.39. The number of amides is 1. The van der Waals surface area contributed by atoms with E-state index in [0.717, 1.165) is 0 Å². The maximum Gasteiger partial charge on any atom is 0.338 e. The molecule has 0 heterocycles. The maximum atomic E-state index is 12.3. The molecule has 0 saturated heterocycles. The van der Waals surface area contributed by atoms with Crippen molar-refractivity contribution in [3.8, 4) is 12.3 Å². The first-order valence-electron chi connectivity index (χ1n) is 7.47. The van der Waals surface area contributed by atoms with Crippen LogP contribution in [-0.2, 0) is 19.6 Å². The normalized spacial score (nSPS) is 10.4. The van der Waals surface area contributed by atoms with Gasteiger partial charge in [-0.15, -0.1) is 6.42 Å². The molecule has 2 rings (SSSR count). The number of sulfonamides is 1. The molecule has 0 radical (unpaired) electrons. The summed E-state index contributed by atoms with van der Waals surface area (Å²) in [5.41, 5.74) is 0.544. The van der Waals surface area contributed by atoms with Gasteiger partial charge in [-0.2, -0.15) is 0 Å². The lowest BCUT2D eigenvalue weighted by atomic mass is 10.2. The van der Waals surface area contributed by atoms with Crippen LogP contribution in [0, 0.1) is 12.3 Å². The third kappa shape index (κ3) is 5.36. The van der Waals surface area contributed by atoms with Crippen LogP contribution in [-0.4, -0.2) is 33.4 Å². The molecule has 1 amide bonds. The fraction of sp³-hybridized carbons (Fsp3) is 0.111. The minimum absolute atomic E-state index is 0.00957. The molecule has 0 aromatic heterocycles. The highest BCUT2D eigenvalue weighted by Crippen LogP contribution is 2.16. The number of hydrogen-bond donors (Lipinski definition) is 2. The summed E-state index contributed by atoms with van der Waals surface area (Å²) in [4.78, 5) is 23.2. The van der Waals surface area contributed by atoms with Crippen molar-refractivity contribution >= 4 is 27.6 Å². The van der Waals surface area contributed by atoms with Crippen molar-refractivity contribution in [2.24, 2.45) is 0 Å². The summed E-state index contributed by atoms with van der Waals surface area (Å²) < 4.78 is 31.9. The van der Waals surface area contributed by atoms with Gasteiger partial charge in [-0.05, 0) is 36.4 Å². The molecule has 2 N–H and O–H groups in total. The fourth-order valence-corrected chi connectivity index (χ4v) is 2.96. The van der Waals surface area contributed by atoms with E-state index in [1.54, 1.807) is 30.3 Å². The molecule has 0 fully saturated rings. The Morgan fingerprint density at radius 3 is 2.31 bits per heavy atom. The molecule has 134 valence electrons. The van der Waals surface area contributed by atoms with E-state index in [9.17, 15) is 18.0 Å². The first-order valence-corrected chi connectivity index (χ1v) is 8.96. The van der Waals surface area contributed by atoms with Crippen LogP contribution < -0.4 is 10.0 Å². The molecule has 0 aliphatic carbocycles. The molecule has 0 atom stereocenters. The Bertz CT molecular complexity index is 916. The van der Waals surface area contributed by atoms with Crippen LogP contribution in [0.3, 0.4) is 0 Å². The highest BCUT2D eigenvalue weighted by molar-refractivity contribution is 7.92. The van der Waals surface area contributed by atoms with Gasteiger partial charge < -0.3 is 10.1 Å². The van der Waals surface area contributed by atoms with E-state index in [4.69, 9.17) is 11.2 Å². The lowest BCUT2D eigenvalue weighted by molar-refractivity contribution is -0.123. The average Bonchev–Trinajstić information content (AvgIpc) is 2.65. The summed E-state index contributed by atoms with van der Waals surface area (Å²) in [6.45, 7) is -0.437. The number of benzene rings is 2. The molecule has 0 bridgehead atoms. The van der Waals surface area contributed by atoms with Crippen molar-refractivity contribution in [1.82, 2.24) is 5.32 Å². The largest absolute Gasteiger partial charge is 0.452 e. The van der Waals surface area contributed by atoms with Crippen molar-refractivity contribution in [3.05, 3.63) is 60.2 Å². The number of hydrogen-bond acceptors (Lipinski definition) is 5. The van der Waals surface area contributed by atoms with Gasteiger partial charge in [0.25, 0.3) is 15.9 Å². The van der Waals surface area contributed by atoms with Crippen LogP contribution in [0.15, 0.2) is 59.5 Å². The summed E-state index contributed by atoms with van der Waals surface area (Å²) in [5.74, 6) is 0.946. The van der Waals surface area contributed by atoms with Crippen LogP contribution in [0.5, 0.6) is 0 Å². The maximum absolute atomic E-state index is 12.3. The smallest absolute Gasteiger partial charge is 0.338 e. The number of esters is 1. The van der Waals surface area contributed by atoms with Gasteiger partial charge in [-0.25, -0.2) is 13.2 Å². The number of rotatable bonds is 7. The van der Waals surface area contributed by atoms with Gasteiger partial charge in [-0.3, -0.25) is 9.52 Å². The molecular weight excluding hydrogens is 356 g/mol. The molecule has 7 nitrogen and oxygen atoms in total. The van der Waals surface area contributed by atoms with Crippen LogP contribution in [0.25, 0.3) is 0 Å². The van der Waals surface area contributed by atoms with Crippen LogP contribution >= 0.6 is 0 Å². The molecule has 26 heavy (non-hydrogen) atoms. The van der Waals surface area contributed by atoms with Crippen LogP contribution in [0.1, 0.15) is 10.4 Å². The van der Waals surface area contributed by atoms with E-state index < -0.39 is 28.5 Å². The van der Waals surface area contributed by atoms with Gasteiger partial charge in [0.1, 0.15) is 0 Å². The van der Waals surface area contributed by atoms with Crippen molar-refractivity contribution in [2.45, 2.75) is 4.90 Å². The number of anilines is 1. The number of terminal acetylenes is 1. The Kier molecular flexibility index (Phi) is 6.36. The minimum atomic E-state index is -3.78.